The van der Waals surface area contributed by atoms with Crippen molar-refractivity contribution >= 4 is 11.9 Å². The first-order valence-electron chi connectivity index (χ1n) is 2.75. The molecule has 0 rings (SSSR count). The summed E-state index contributed by atoms with van der Waals surface area (Å²) >= 11 is -4.61. The van der Waals surface area contributed by atoms with Crippen LogP contribution in [0, 0.1) is 0 Å². The van der Waals surface area contributed by atoms with Crippen molar-refractivity contribution in [3.63, 3.8) is 0 Å². The zero-order chi connectivity index (χ0) is 9.40. The Bertz CT molecular complexity index is 180. The molecule has 0 radical (unpaired) electrons. The summed E-state index contributed by atoms with van der Waals surface area (Å²) in [5.41, 5.74) is 0. The molecule has 0 aliphatic heterocycles. The topological polar surface area (TPSA) is 86.7 Å². The normalized spacial score (nSPS) is 8.33. The van der Waals surface area contributed by atoms with Crippen molar-refractivity contribution in [1.29, 1.82) is 0 Å². The molecule has 0 aromatic heterocycles. The van der Waals surface area contributed by atoms with E-state index in [2.05, 4.69) is 6.49 Å². The van der Waals surface area contributed by atoms with Gasteiger partial charge in [-0.15, -0.1) is 0 Å². The summed E-state index contributed by atoms with van der Waals surface area (Å²) in [7, 11) is 0. The molecule has 0 saturated carbocycles. The molecule has 0 aliphatic rings. The fraction of sp³-hybridized carbons (Fsp3) is 0.500. The Balaban J connectivity index is 3.53. The molecule has 0 aromatic rings. The maximum absolute atomic E-state index is 10.5. The molecule has 12 heavy (non-hydrogen) atoms. The van der Waals surface area contributed by atoms with Gasteiger partial charge < -0.3 is 0 Å². The van der Waals surface area contributed by atoms with Crippen LogP contribution in [0.4, 0.5) is 0 Å². The Labute approximate surface area is 87.3 Å². The van der Waals surface area contributed by atoms with Gasteiger partial charge in [-0.2, -0.15) is 0 Å². The number of hydrogen-bond donors (Lipinski definition) is 0. The SMILES string of the molecule is [O]=[Ta][O]C(=O)CCC(=O)[O][Ta]=[O]. The van der Waals surface area contributed by atoms with Crippen LogP contribution in [0.15, 0.2) is 0 Å². The molecule has 0 saturated heterocycles. The third-order valence-corrected chi connectivity index (χ3v) is 2.81. The fourth-order valence-electron chi connectivity index (χ4n) is 0.379. The van der Waals surface area contributed by atoms with E-state index in [1.54, 1.807) is 0 Å². The quantitative estimate of drug-likeness (QED) is 0.498. The van der Waals surface area contributed by atoms with Crippen molar-refractivity contribution in [2.24, 2.45) is 0 Å². The van der Waals surface area contributed by atoms with Gasteiger partial charge in [0, 0.05) is 0 Å². The molecular formula is C4H4O6Ta2. The molecule has 0 heterocycles. The first-order valence-corrected chi connectivity index (χ1v) is 8.00. The van der Waals surface area contributed by atoms with E-state index in [1.165, 1.54) is 0 Å². The summed E-state index contributed by atoms with van der Waals surface area (Å²) in [6.45, 7) is 0. The second-order valence-electron chi connectivity index (χ2n) is 1.58. The van der Waals surface area contributed by atoms with Gasteiger partial charge in [0.1, 0.15) is 0 Å². The van der Waals surface area contributed by atoms with Crippen molar-refractivity contribution in [3.05, 3.63) is 0 Å². The predicted molar refractivity (Wildman–Crippen MR) is 22.8 cm³/mol. The number of carbonyl (C=O) groups excluding carboxylic acids is 2. The molecule has 0 fully saturated rings. The minimum absolute atomic E-state index is 0.161. The number of carbonyl (C=O) groups is 2. The van der Waals surface area contributed by atoms with Gasteiger partial charge in [0.2, 0.25) is 0 Å². The molecule has 0 aliphatic carbocycles. The Hall–Kier alpha value is 0.0205. The van der Waals surface area contributed by atoms with E-state index in [0.717, 1.165) is 0 Å². The molecule has 0 bridgehead atoms. The zero-order valence-electron chi connectivity index (χ0n) is 5.76. The van der Waals surface area contributed by atoms with Crippen LogP contribution in [0.3, 0.4) is 0 Å². The van der Waals surface area contributed by atoms with Crippen molar-refractivity contribution in [2.45, 2.75) is 12.8 Å². The van der Waals surface area contributed by atoms with Crippen LogP contribution in [0.25, 0.3) is 0 Å². The zero-order valence-corrected chi connectivity index (χ0v) is 12.2. The van der Waals surface area contributed by atoms with Crippen molar-refractivity contribution in [1.82, 2.24) is 0 Å². The average Bonchev–Trinajstić information content (AvgIpc) is 2.02. The molecular weight excluding hydrogens is 506 g/mol. The summed E-state index contributed by atoms with van der Waals surface area (Å²) in [5, 5.41) is 0. The van der Waals surface area contributed by atoms with Crippen LogP contribution in [0.1, 0.15) is 12.8 Å². The first kappa shape index (κ1) is 12.0. The van der Waals surface area contributed by atoms with Gasteiger partial charge in [-0.05, 0) is 0 Å². The molecule has 0 spiro atoms. The predicted octanol–water partition coefficient (Wildman–Crippen LogP) is -0.461. The van der Waals surface area contributed by atoms with E-state index in [1.807, 2.05) is 0 Å². The first-order chi connectivity index (χ1) is 5.70. The minimum atomic E-state index is -2.30. The molecule has 0 unspecified atom stereocenters. The van der Waals surface area contributed by atoms with E-state index in [4.69, 9.17) is 0 Å². The third-order valence-electron chi connectivity index (χ3n) is 0.811. The van der Waals surface area contributed by atoms with Crippen LogP contribution in [0.2, 0.25) is 0 Å². The van der Waals surface area contributed by atoms with E-state index in [0.29, 0.717) is 0 Å². The Morgan fingerprint density at radius 3 is 1.50 bits per heavy atom. The van der Waals surface area contributed by atoms with E-state index in [9.17, 15) is 16.1 Å². The second kappa shape index (κ2) is 7.66. The summed E-state index contributed by atoms with van der Waals surface area (Å²) < 4.78 is 28.2. The third kappa shape index (κ3) is 6.71. The van der Waals surface area contributed by atoms with Crippen LogP contribution < -0.4 is 0 Å². The van der Waals surface area contributed by atoms with Gasteiger partial charge in [-0.25, -0.2) is 0 Å². The van der Waals surface area contributed by atoms with Gasteiger partial charge in [0.25, 0.3) is 0 Å². The van der Waals surface area contributed by atoms with Crippen LogP contribution in [-0.2, 0) is 62.8 Å². The van der Waals surface area contributed by atoms with Crippen LogP contribution in [-0.4, -0.2) is 11.9 Å². The summed E-state index contributed by atoms with van der Waals surface area (Å²) in [5.74, 6) is -1.34. The molecule has 0 N–H and O–H groups in total. The summed E-state index contributed by atoms with van der Waals surface area (Å²) in [4.78, 5) is 21.0. The molecule has 0 amide bonds. The number of rotatable bonds is 5. The Morgan fingerprint density at radius 1 is 0.917 bits per heavy atom. The van der Waals surface area contributed by atoms with Gasteiger partial charge in [0.05, 0.1) is 0 Å². The van der Waals surface area contributed by atoms with Gasteiger partial charge in [-0.3, -0.25) is 0 Å². The van der Waals surface area contributed by atoms with E-state index < -0.39 is 52.2 Å². The van der Waals surface area contributed by atoms with Crippen molar-refractivity contribution in [3.8, 4) is 0 Å². The van der Waals surface area contributed by atoms with E-state index >= 15 is 0 Å². The van der Waals surface area contributed by atoms with Gasteiger partial charge in [-0.1, -0.05) is 0 Å². The molecule has 0 aromatic carbocycles. The number of hydrogen-bond acceptors (Lipinski definition) is 6. The monoisotopic (exact) mass is 510 g/mol. The van der Waals surface area contributed by atoms with Crippen molar-refractivity contribution < 1.29 is 62.8 Å². The standard InChI is InChI=1S/C4H6O4.2O.2Ta/c5-3(6)1-2-4(7)8;;;;/h1-2H2,(H,5,6)(H,7,8);;;;/q;;;2*+1/p-2. The van der Waals surface area contributed by atoms with Crippen molar-refractivity contribution in [2.75, 3.05) is 0 Å². The van der Waals surface area contributed by atoms with Crippen LogP contribution in [0.5, 0.6) is 0 Å². The molecule has 66 valence electrons. The van der Waals surface area contributed by atoms with E-state index in [-0.39, 0.29) is 12.8 Å². The fourth-order valence-corrected chi connectivity index (χ4v) is 1.63. The van der Waals surface area contributed by atoms with Crippen LogP contribution >= 0.6 is 0 Å². The van der Waals surface area contributed by atoms with Gasteiger partial charge >= 0.3 is 87.6 Å². The summed E-state index contributed by atoms with van der Waals surface area (Å²) in [6.07, 6.45) is -0.322. The molecule has 0 atom stereocenters. The Kier molecular flexibility index (Phi) is 7.67. The average molecular weight is 510 g/mol. The Morgan fingerprint density at radius 2 is 1.25 bits per heavy atom. The molecule has 6 nitrogen and oxygen atoms in total. The second-order valence-corrected chi connectivity index (χ2v) is 3.96. The maximum atomic E-state index is 10.5. The van der Waals surface area contributed by atoms with Gasteiger partial charge in [0.15, 0.2) is 0 Å². The molecule has 8 heteroatoms. The summed E-state index contributed by atoms with van der Waals surface area (Å²) in [6, 6.07) is 0.